The van der Waals surface area contributed by atoms with Crippen LogP contribution in [-0.4, -0.2) is 42.5 Å². The highest BCUT2D eigenvalue weighted by Gasteiger charge is 2.21. The number of likely N-dealkylation sites (tertiary alicyclic amines) is 1. The lowest BCUT2D eigenvalue weighted by atomic mass is 10.1. The highest BCUT2D eigenvalue weighted by molar-refractivity contribution is 5.94. The fourth-order valence-corrected chi connectivity index (χ4v) is 2.85. The van der Waals surface area contributed by atoms with Crippen LogP contribution in [0.3, 0.4) is 0 Å². The normalized spacial score (nSPS) is 14.6. The third kappa shape index (κ3) is 2.61. The van der Waals surface area contributed by atoms with Crippen molar-refractivity contribution in [1.82, 2.24) is 9.88 Å². The highest BCUT2D eigenvalue weighted by atomic mass is 19.1. The van der Waals surface area contributed by atoms with E-state index < -0.39 is 11.6 Å². The molecule has 0 N–H and O–H groups in total. The lowest BCUT2D eigenvalue weighted by Crippen LogP contribution is -2.37. The number of hydrogen-bond donors (Lipinski definition) is 0. The zero-order valence-corrected chi connectivity index (χ0v) is 12.4. The van der Waals surface area contributed by atoms with E-state index in [0.29, 0.717) is 5.69 Å². The predicted molar refractivity (Wildman–Crippen MR) is 80.7 cm³/mol. The predicted octanol–water partition coefficient (Wildman–Crippen LogP) is 2.57. The first-order chi connectivity index (χ1) is 10.6. The van der Waals surface area contributed by atoms with Gasteiger partial charge in [-0.05, 0) is 31.0 Å². The number of pyridine rings is 1. The van der Waals surface area contributed by atoms with Crippen LogP contribution in [0.15, 0.2) is 24.4 Å². The average molecular weight is 305 g/mol. The molecule has 1 aliphatic rings. The number of fused-ring (bicyclic) bond motifs is 1. The summed E-state index contributed by atoms with van der Waals surface area (Å²) in [5.41, 5.74) is 0.451. The smallest absolute Gasteiger partial charge is 0.242 e. The number of rotatable bonds is 3. The van der Waals surface area contributed by atoms with E-state index in [2.05, 4.69) is 4.98 Å². The summed E-state index contributed by atoms with van der Waals surface area (Å²) >= 11 is 0. The summed E-state index contributed by atoms with van der Waals surface area (Å²) in [6, 6.07) is 3.74. The van der Waals surface area contributed by atoms with Gasteiger partial charge in [-0.3, -0.25) is 9.78 Å². The zero-order chi connectivity index (χ0) is 15.7. The molecule has 1 fully saturated rings. The Kier molecular flexibility index (Phi) is 3.92. The number of hydrogen-bond acceptors (Lipinski definition) is 3. The second-order valence-electron chi connectivity index (χ2n) is 5.53. The van der Waals surface area contributed by atoms with E-state index >= 15 is 0 Å². The first-order valence-corrected chi connectivity index (χ1v) is 7.29. The Morgan fingerprint density at radius 1 is 1.23 bits per heavy atom. The summed E-state index contributed by atoms with van der Waals surface area (Å²) in [6.45, 7) is 1.68. The van der Waals surface area contributed by atoms with Gasteiger partial charge < -0.3 is 9.80 Å². The molecule has 0 spiro atoms. The van der Waals surface area contributed by atoms with Gasteiger partial charge in [-0.1, -0.05) is 0 Å². The molecule has 2 heterocycles. The van der Waals surface area contributed by atoms with Gasteiger partial charge in [0.25, 0.3) is 0 Å². The number of carbonyl (C=O) groups excluding carboxylic acids is 1. The van der Waals surface area contributed by atoms with Crippen LogP contribution < -0.4 is 4.90 Å². The number of carbonyl (C=O) groups is 1. The van der Waals surface area contributed by atoms with Crippen LogP contribution in [0.4, 0.5) is 14.5 Å². The minimum atomic E-state index is -0.572. The van der Waals surface area contributed by atoms with E-state index in [1.807, 2.05) is 0 Å². The molecule has 0 bridgehead atoms. The largest absolute Gasteiger partial charge is 0.365 e. The van der Waals surface area contributed by atoms with Crippen molar-refractivity contribution in [2.24, 2.45) is 0 Å². The molecule has 0 aliphatic carbocycles. The standard InChI is InChI=1S/C16H17F2N3O/c1-20(10-14(22)21-8-2-3-9-21)13-6-7-19-16-12(18)5-4-11(17)15(13)16/h4-7H,2-3,8-10H2,1H3. The Labute approximate surface area is 127 Å². The molecule has 3 rings (SSSR count). The summed E-state index contributed by atoms with van der Waals surface area (Å²) in [5.74, 6) is -1.11. The van der Waals surface area contributed by atoms with Gasteiger partial charge in [-0.2, -0.15) is 0 Å². The molecule has 1 saturated heterocycles. The van der Waals surface area contributed by atoms with Crippen LogP contribution in [0.2, 0.25) is 0 Å². The number of anilines is 1. The van der Waals surface area contributed by atoms with Gasteiger partial charge in [0.2, 0.25) is 5.91 Å². The Morgan fingerprint density at radius 3 is 2.64 bits per heavy atom. The summed E-state index contributed by atoms with van der Waals surface area (Å²) in [5, 5.41) is 0.110. The second-order valence-corrected chi connectivity index (χ2v) is 5.53. The van der Waals surface area contributed by atoms with Crippen molar-refractivity contribution in [3.63, 3.8) is 0 Å². The first kappa shape index (κ1) is 14.7. The fraction of sp³-hybridized carbons (Fsp3) is 0.375. The third-order valence-electron chi connectivity index (χ3n) is 4.01. The van der Waals surface area contributed by atoms with E-state index in [4.69, 9.17) is 0 Å². The number of aromatic nitrogens is 1. The molecule has 1 aromatic carbocycles. The topological polar surface area (TPSA) is 36.4 Å². The van der Waals surface area contributed by atoms with E-state index in [0.717, 1.165) is 38.1 Å². The van der Waals surface area contributed by atoms with Crippen molar-refractivity contribution in [3.05, 3.63) is 36.0 Å². The maximum absolute atomic E-state index is 14.1. The van der Waals surface area contributed by atoms with Crippen molar-refractivity contribution in [2.75, 3.05) is 31.6 Å². The molecule has 22 heavy (non-hydrogen) atoms. The molecule has 116 valence electrons. The monoisotopic (exact) mass is 305 g/mol. The van der Waals surface area contributed by atoms with Crippen LogP contribution in [0.25, 0.3) is 10.9 Å². The van der Waals surface area contributed by atoms with Crippen LogP contribution in [0, 0.1) is 11.6 Å². The summed E-state index contributed by atoms with van der Waals surface area (Å²) < 4.78 is 27.9. The van der Waals surface area contributed by atoms with Gasteiger partial charge in [0.1, 0.15) is 17.2 Å². The molecular formula is C16H17F2N3O. The van der Waals surface area contributed by atoms with Crippen molar-refractivity contribution in [1.29, 1.82) is 0 Å². The van der Waals surface area contributed by atoms with Crippen molar-refractivity contribution < 1.29 is 13.6 Å². The Hall–Kier alpha value is -2.24. The van der Waals surface area contributed by atoms with Crippen molar-refractivity contribution in [3.8, 4) is 0 Å². The summed E-state index contributed by atoms with van der Waals surface area (Å²) in [6.07, 6.45) is 3.47. The SMILES string of the molecule is CN(CC(=O)N1CCCC1)c1ccnc2c(F)ccc(F)c12. The minimum absolute atomic E-state index is 0.00164. The maximum Gasteiger partial charge on any atom is 0.242 e. The summed E-state index contributed by atoms with van der Waals surface area (Å²) in [4.78, 5) is 19.6. The Morgan fingerprint density at radius 2 is 1.91 bits per heavy atom. The third-order valence-corrected chi connectivity index (χ3v) is 4.01. The fourth-order valence-electron chi connectivity index (χ4n) is 2.85. The van der Waals surface area contributed by atoms with Crippen molar-refractivity contribution in [2.45, 2.75) is 12.8 Å². The van der Waals surface area contributed by atoms with E-state index in [9.17, 15) is 13.6 Å². The number of nitrogens with zero attached hydrogens (tertiary/aromatic N) is 3. The Bertz CT molecular complexity index is 714. The molecule has 1 aliphatic heterocycles. The van der Waals surface area contributed by atoms with E-state index in [-0.39, 0.29) is 23.4 Å². The molecule has 0 saturated carbocycles. The van der Waals surface area contributed by atoms with Crippen LogP contribution in [0.5, 0.6) is 0 Å². The van der Waals surface area contributed by atoms with Crippen molar-refractivity contribution >= 4 is 22.5 Å². The zero-order valence-electron chi connectivity index (χ0n) is 12.4. The van der Waals surface area contributed by atoms with Gasteiger partial charge in [-0.15, -0.1) is 0 Å². The molecule has 1 aromatic heterocycles. The van der Waals surface area contributed by atoms with Crippen LogP contribution in [0.1, 0.15) is 12.8 Å². The van der Waals surface area contributed by atoms with E-state index in [1.54, 1.807) is 22.9 Å². The van der Waals surface area contributed by atoms with Gasteiger partial charge in [-0.25, -0.2) is 8.78 Å². The van der Waals surface area contributed by atoms with E-state index in [1.165, 1.54) is 6.20 Å². The van der Waals surface area contributed by atoms with Gasteiger partial charge in [0.05, 0.1) is 17.6 Å². The number of benzene rings is 1. The average Bonchev–Trinajstić information content (AvgIpc) is 3.05. The minimum Gasteiger partial charge on any atom is -0.365 e. The second kappa shape index (κ2) is 5.87. The molecule has 0 atom stereocenters. The van der Waals surface area contributed by atoms with Gasteiger partial charge >= 0.3 is 0 Å². The lowest BCUT2D eigenvalue weighted by Gasteiger charge is -2.24. The molecule has 1 amide bonds. The maximum atomic E-state index is 14.1. The molecule has 2 aromatic rings. The molecule has 0 radical (unpaired) electrons. The van der Waals surface area contributed by atoms with Crippen LogP contribution >= 0.6 is 0 Å². The highest BCUT2D eigenvalue weighted by Crippen LogP contribution is 2.28. The summed E-state index contributed by atoms with van der Waals surface area (Å²) in [7, 11) is 1.70. The number of amides is 1. The van der Waals surface area contributed by atoms with Crippen LogP contribution in [-0.2, 0) is 4.79 Å². The molecular weight excluding hydrogens is 288 g/mol. The Balaban J connectivity index is 1.92. The first-order valence-electron chi connectivity index (χ1n) is 7.29. The quantitative estimate of drug-likeness (QED) is 0.874. The van der Waals surface area contributed by atoms with Gasteiger partial charge in [0.15, 0.2) is 0 Å². The lowest BCUT2D eigenvalue weighted by molar-refractivity contribution is -0.128. The van der Waals surface area contributed by atoms with Gasteiger partial charge in [0, 0.05) is 26.3 Å². The number of likely N-dealkylation sites (N-methyl/N-ethyl adjacent to an activating group) is 1. The molecule has 6 heteroatoms. The molecule has 4 nitrogen and oxygen atoms in total. The molecule has 0 unspecified atom stereocenters. The number of halogens is 2.